The quantitative estimate of drug-likeness (QED) is 0.440. The van der Waals surface area contributed by atoms with Gasteiger partial charge in [-0.15, -0.1) is 0 Å². The van der Waals surface area contributed by atoms with Crippen LogP contribution in [0.1, 0.15) is 24.1 Å². The molecular weight excluding hydrogens is 432 g/mol. The average Bonchev–Trinajstić information content (AvgIpc) is 3.07. The second-order valence-corrected chi connectivity index (χ2v) is 8.38. The number of esters is 1. The Morgan fingerprint density at radius 3 is 2.61 bits per heavy atom. The van der Waals surface area contributed by atoms with E-state index < -0.39 is 12.0 Å². The van der Waals surface area contributed by atoms with Gasteiger partial charge in [-0.2, -0.15) is 0 Å². The molecule has 0 saturated carbocycles. The lowest BCUT2D eigenvalue weighted by Crippen LogP contribution is -2.39. The first-order chi connectivity index (χ1) is 15.0. The fraction of sp³-hybridized carbons (Fsp3) is 0.125. The summed E-state index contributed by atoms with van der Waals surface area (Å²) in [7, 11) is 0. The highest BCUT2D eigenvalue weighted by atomic mass is 35.5. The molecule has 1 atom stereocenters. The molecule has 1 unspecified atom stereocenters. The van der Waals surface area contributed by atoms with Crippen LogP contribution in [-0.4, -0.2) is 17.1 Å². The Labute approximate surface area is 187 Å². The number of halogens is 1. The van der Waals surface area contributed by atoms with Crippen molar-refractivity contribution in [3.8, 4) is 0 Å². The number of benzene rings is 2. The highest BCUT2D eigenvalue weighted by Crippen LogP contribution is 2.30. The van der Waals surface area contributed by atoms with Gasteiger partial charge in [0.2, 0.25) is 0 Å². The molecule has 0 spiro atoms. The first kappa shape index (κ1) is 21.0. The number of carbonyl (C=O) groups excluding carboxylic acids is 1. The summed E-state index contributed by atoms with van der Waals surface area (Å²) in [6.07, 6.45) is 3.31. The number of thiazole rings is 1. The normalized spacial score (nSPS) is 15.9. The number of carbonyl (C=O) groups is 1. The van der Waals surface area contributed by atoms with Crippen LogP contribution in [0.25, 0.3) is 6.08 Å². The Kier molecular flexibility index (Phi) is 6.02. The van der Waals surface area contributed by atoms with Gasteiger partial charge in [0.05, 0.1) is 21.8 Å². The summed E-state index contributed by atoms with van der Waals surface area (Å²) in [5.41, 5.74) is 2.32. The molecule has 3 aromatic rings. The van der Waals surface area contributed by atoms with Crippen molar-refractivity contribution in [2.75, 3.05) is 6.61 Å². The molecule has 0 bridgehead atoms. The summed E-state index contributed by atoms with van der Waals surface area (Å²) >= 11 is 7.25. The summed E-state index contributed by atoms with van der Waals surface area (Å²) < 4.78 is 7.41. The van der Waals surface area contributed by atoms with E-state index in [1.54, 1.807) is 29.7 Å². The molecule has 1 aliphatic rings. The van der Waals surface area contributed by atoms with Gasteiger partial charge < -0.3 is 4.74 Å². The van der Waals surface area contributed by atoms with Gasteiger partial charge in [-0.3, -0.25) is 9.36 Å². The molecule has 0 amide bonds. The van der Waals surface area contributed by atoms with Crippen molar-refractivity contribution in [2.24, 2.45) is 4.99 Å². The number of fused-ring (bicyclic) bond motifs is 1. The molecular formula is C24H19ClN2O3S. The summed E-state index contributed by atoms with van der Waals surface area (Å²) in [4.78, 5) is 31.4. The molecule has 1 aromatic heterocycles. The van der Waals surface area contributed by atoms with Crippen LogP contribution in [0, 0.1) is 0 Å². The molecule has 2 heterocycles. The lowest BCUT2D eigenvalue weighted by Gasteiger charge is -2.24. The molecule has 7 heteroatoms. The van der Waals surface area contributed by atoms with Crippen molar-refractivity contribution in [3.05, 3.63) is 114 Å². The zero-order valence-corrected chi connectivity index (χ0v) is 18.3. The molecule has 31 heavy (non-hydrogen) atoms. The molecule has 5 nitrogen and oxygen atoms in total. The van der Waals surface area contributed by atoms with E-state index in [9.17, 15) is 9.59 Å². The summed E-state index contributed by atoms with van der Waals surface area (Å²) in [6.45, 7) is 5.43. The van der Waals surface area contributed by atoms with Gasteiger partial charge in [-0.25, -0.2) is 9.79 Å². The Bertz CT molecular complexity index is 1350. The second kappa shape index (κ2) is 8.88. The topological polar surface area (TPSA) is 60.7 Å². The van der Waals surface area contributed by atoms with Crippen molar-refractivity contribution >= 4 is 35.0 Å². The van der Waals surface area contributed by atoms with Gasteiger partial charge >= 0.3 is 5.97 Å². The van der Waals surface area contributed by atoms with Crippen molar-refractivity contribution in [1.29, 1.82) is 0 Å². The number of hydrogen-bond donors (Lipinski definition) is 0. The minimum Gasteiger partial charge on any atom is -0.458 e. The maximum Gasteiger partial charge on any atom is 0.338 e. The van der Waals surface area contributed by atoms with Crippen LogP contribution in [0.2, 0.25) is 5.02 Å². The second-order valence-electron chi connectivity index (χ2n) is 6.93. The van der Waals surface area contributed by atoms with Crippen molar-refractivity contribution in [2.45, 2.75) is 13.0 Å². The van der Waals surface area contributed by atoms with Crippen LogP contribution in [-0.2, 0) is 9.53 Å². The largest absolute Gasteiger partial charge is 0.458 e. The fourth-order valence-electron chi connectivity index (χ4n) is 3.46. The van der Waals surface area contributed by atoms with Gasteiger partial charge in [0, 0.05) is 5.02 Å². The molecule has 0 saturated heterocycles. The van der Waals surface area contributed by atoms with E-state index in [0.29, 0.717) is 25.6 Å². The molecule has 0 N–H and O–H groups in total. The van der Waals surface area contributed by atoms with Gasteiger partial charge in [0.1, 0.15) is 6.61 Å². The molecule has 0 radical (unpaired) electrons. The number of ether oxygens (including phenoxy) is 1. The van der Waals surface area contributed by atoms with Crippen LogP contribution in [0.15, 0.2) is 88.3 Å². The maximum atomic E-state index is 13.4. The Hall–Kier alpha value is -3.22. The fourth-order valence-corrected chi connectivity index (χ4v) is 4.63. The number of aromatic nitrogens is 1. The van der Waals surface area contributed by atoms with Crippen LogP contribution in [0.4, 0.5) is 0 Å². The lowest BCUT2D eigenvalue weighted by molar-refractivity contribution is -0.138. The molecule has 0 fully saturated rings. The minimum absolute atomic E-state index is 0.0815. The smallest absolute Gasteiger partial charge is 0.338 e. The Morgan fingerprint density at radius 2 is 1.94 bits per heavy atom. The first-order valence-electron chi connectivity index (χ1n) is 9.60. The third-order valence-electron chi connectivity index (χ3n) is 4.86. The van der Waals surface area contributed by atoms with E-state index in [1.165, 1.54) is 17.4 Å². The molecule has 4 rings (SSSR count). The van der Waals surface area contributed by atoms with Crippen LogP contribution in [0.5, 0.6) is 0 Å². The Morgan fingerprint density at radius 1 is 1.23 bits per heavy atom. The Balaban J connectivity index is 1.92. The van der Waals surface area contributed by atoms with Crippen molar-refractivity contribution in [1.82, 2.24) is 4.57 Å². The molecule has 156 valence electrons. The van der Waals surface area contributed by atoms with Crippen molar-refractivity contribution < 1.29 is 9.53 Å². The highest BCUT2D eigenvalue weighted by Gasteiger charge is 2.33. The lowest BCUT2D eigenvalue weighted by atomic mass is 9.96. The van der Waals surface area contributed by atoms with Crippen LogP contribution < -0.4 is 14.9 Å². The van der Waals surface area contributed by atoms with Crippen molar-refractivity contribution in [3.63, 3.8) is 0 Å². The third kappa shape index (κ3) is 4.17. The highest BCUT2D eigenvalue weighted by molar-refractivity contribution is 7.07. The summed E-state index contributed by atoms with van der Waals surface area (Å²) in [5, 5.41) is 0.626. The molecule has 0 aliphatic carbocycles. The molecule has 1 aliphatic heterocycles. The maximum absolute atomic E-state index is 13.4. The first-order valence-corrected chi connectivity index (χ1v) is 10.8. The van der Waals surface area contributed by atoms with Gasteiger partial charge in [0.15, 0.2) is 4.80 Å². The predicted octanol–water partition coefficient (Wildman–Crippen LogP) is 3.62. The van der Waals surface area contributed by atoms with E-state index in [-0.39, 0.29) is 12.2 Å². The van der Waals surface area contributed by atoms with Gasteiger partial charge in [-0.05, 0) is 36.3 Å². The number of hydrogen-bond acceptors (Lipinski definition) is 5. The molecule has 2 aromatic carbocycles. The number of nitrogens with zero attached hydrogens (tertiary/aromatic N) is 2. The standard InChI is InChI=1S/C24H19ClN2O3S/c1-3-13-30-23(29)20-15(2)26-24-27(21(20)17-7-5-4-6-8-17)22(28)19(31-24)14-16-9-11-18(25)12-10-16/h3-12,14,21H,1,13H2,2H3/b19-14-. The average molecular weight is 451 g/mol. The van der Waals surface area contributed by atoms with E-state index in [0.717, 1.165) is 11.1 Å². The van der Waals surface area contributed by atoms with E-state index in [2.05, 4.69) is 11.6 Å². The minimum atomic E-state index is -0.623. The van der Waals surface area contributed by atoms with E-state index in [4.69, 9.17) is 16.3 Å². The SMILES string of the molecule is C=CCOC(=O)C1=C(C)N=c2s/c(=C\c3ccc(Cl)cc3)c(=O)n2C1c1ccccc1. The number of allylic oxidation sites excluding steroid dienone is 1. The van der Waals surface area contributed by atoms with Gasteiger partial charge in [-0.1, -0.05) is 78.1 Å². The number of rotatable bonds is 5. The van der Waals surface area contributed by atoms with E-state index in [1.807, 2.05) is 42.5 Å². The zero-order valence-electron chi connectivity index (χ0n) is 16.7. The van der Waals surface area contributed by atoms with Gasteiger partial charge in [0.25, 0.3) is 5.56 Å². The van der Waals surface area contributed by atoms with Crippen LogP contribution in [0.3, 0.4) is 0 Å². The summed E-state index contributed by atoms with van der Waals surface area (Å²) in [6, 6.07) is 16.0. The monoisotopic (exact) mass is 450 g/mol. The predicted molar refractivity (Wildman–Crippen MR) is 123 cm³/mol. The van der Waals surface area contributed by atoms with E-state index >= 15 is 0 Å². The van der Waals surface area contributed by atoms with Crippen LogP contribution >= 0.6 is 22.9 Å². The zero-order chi connectivity index (χ0) is 22.0. The third-order valence-corrected chi connectivity index (χ3v) is 6.09. The summed E-state index contributed by atoms with van der Waals surface area (Å²) in [5.74, 6) is -0.512.